The van der Waals surface area contributed by atoms with E-state index in [1.54, 1.807) is 16.9 Å². The van der Waals surface area contributed by atoms with Gasteiger partial charge in [-0.25, -0.2) is 4.68 Å². The Labute approximate surface area is 130 Å². The van der Waals surface area contributed by atoms with Crippen LogP contribution in [0.2, 0.25) is 0 Å². The third kappa shape index (κ3) is 3.14. The molecule has 0 amide bonds. The van der Waals surface area contributed by atoms with E-state index in [4.69, 9.17) is 0 Å². The number of nitrogens with zero attached hydrogens (tertiary/aromatic N) is 3. The summed E-state index contributed by atoms with van der Waals surface area (Å²) < 4.78 is 2.23. The molecule has 0 atom stereocenters. The number of nitro benzene ring substituents is 1. The normalized spacial score (nSPS) is 14.4. The average Bonchev–Trinajstić information content (AvgIpc) is 3.14. The third-order valence-corrected chi connectivity index (χ3v) is 4.01. The van der Waals surface area contributed by atoms with Crippen LogP contribution < -0.4 is 5.32 Å². The number of nitrogens with one attached hydrogen (secondary N) is 1. The Bertz CT molecular complexity index is 694. The second-order valence-corrected chi connectivity index (χ2v) is 6.13. The van der Waals surface area contributed by atoms with Crippen molar-refractivity contribution < 1.29 is 4.92 Å². The van der Waals surface area contributed by atoms with Crippen LogP contribution in [0.25, 0.3) is 5.69 Å². The Morgan fingerprint density at radius 3 is 2.95 bits per heavy atom. The second-order valence-electron chi connectivity index (χ2n) is 5.28. The van der Waals surface area contributed by atoms with E-state index in [2.05, 4.69) is 26.3 Å². The molecule has 0 bridgehead atoms. The summed E-state index contributed by atoms with van der Waals surface area (Å²) in [4.78, 5) is 10.9. The first-order valence-electron chi connectivity index (χ1n) is 6.77. The zero-order valence-electron chi connectivity index (χ0n) is 11.5. The SMILES string of the molecule is Cc1cc(Br)c(-n2ccc(CNC3CC3)n2)c([N+](=O)[O-])c1. The van der Waals surface area contributed by atoms with Crippen LogP contribution in [0.1, 0.15) is 24.1 Å². The number of hydrogen-bond acceptors (Lipinski definition) is 4. The Hall–Kier alpha value is -1.73. The van der Waals surface area contributed by atoms with E-state index in [1.165, 1.54) is 12.8 Å². The molecule has 2 aromatic rings. The van der Waals surface area contributed by atoms with Gasteiger partial charge < -0.3 is 5.32 Å². The van der Waals surface area contributed by atoms with Gasteiger partial charge in [-0.15, -0.1) is 0 Å². The molecule has 1 aliphatic rings. The van der Waals surface area contributed by atoms with Gasteiger partial charge in [-0.1, -0.05) is 0 Å². The monoisotopic (exact) mass is 350 g/mol. The molecule has 0 radical (unpaired) electrons. The van der Waals surface area contributed by atoms with E-state index in [9.17, 15) is 10.1 Å². The lowest BCUT2D eigenvalue weighted by Crippen LogP contribution is -2.15. The molecule has 110 valence electrons. The van der Waals surface area contributed by atoms with Crippen LogP contribution in [0.4, 0.5) is 5.69 Å². The molecule has 0 aliphatic heterocycles. The van der Waals surface area contributed by atoms with Gasteiger partial charge in [-0.3, -0.25) is 10.1 Å². The highest BCUT2D eigenvalue weighted by Crippen LogP contribution is 2.32. The summed E-state index contributed by atoms with van der Waals surface area (Å²) >= 11 is 3.40. The molecule has 7 heteroatoms. The molecule has 1 aromatic carbocycles. The minimum absolute atomic E-state index is 0.0478. The number of nitro groups is 1. The smallest absolute Gasteiger partial charge is 0.296 e. The summed E-state index contributed by atoms with van der Waals surface area (Å²) in [6, 6.07) is 5.90. The van der Waals surface area contributed by atoms with Crippen LogP contribution in [0.3, 0.4) is 0 Å². The topological polar surface area (TPSA) is 73.0 Å². The lowest BCUT2D eigenvalue weighted by Gasteiger charge is -2.07. The number of rotatable bonds is 5. The summed E-state index contributed by atoms with van der Waals surface area (Å²) in [5, 5.41) is 19.1. The zero-order chi connectivity index (χ0) is 15.0. The molecule has 0 unspecified atom stereocenters. The molecule has 1 saturated carbocycles. The molecule has 1 aliphatic carbocycles. The van der Waals surface area contributed by atoms with Crippen molar-refractivity contribution in [2.24, 2.45) is 0 Å². The van der Waals surface area contributed by atoms with Crippen LogP contribution in [0.15, 0.2) is 28.9 Å². The maximum atomic E-state index is 11.3. The molecule has 21 heavy (non-hydrogen) atoms. The highest BCUT2D eigenvalue weighted by atomic mass is 79.9. The third-order valence-electron chi connectivity index (χ3n) is 3.41. The van der Waals surface area contributed by atoms with Crippen molar-refractivity contribution >= 4 is 21.6 Å². The van der Waals surface area contributed by atoms with E-state index in [1.807, 2.05) is 19.1 Å². The summed E-state index contributed by atoms with van der Waals surface area (Å²) in [6.07, 6.45) is 4.19. The molecule has 1 N–H and O–H groups in total. The standard InChI is InChI=1S/C14H15BrN4O2/c1-9-6-12(15)14(13(7-9)19(20)21)18-5-4-11(17-18)8-16-10-2-3-10/h4-7,10,16H,2-3,8H2,1H3. The number of benzene rings is 1. The summed E-state index contributed by atoms with van der Waals surface area (Å²) in [5.41, 5.74) is 2.22. The van der Waals surface area contributed by atoms with Crippen molar-refractivity contribution in [1.82, 2.24) is 15.1 Å². The van der Waals surface area contributed by atoms with Gasteiger partial charge in [0, 0.05) is 24.8 Å². The van der Waals surface area contributed by atoms with Gasteiger partial charge in [0.1, 0.15) is 0 Å². The van der Waals surface area contributed by atoms with Crippen molar-refractivity contribution in [2.75, 3.05) is 0 Å². The van der Waals surface area contributed by atoms with Crippen molar-refractivity contribution in [3.63, 3.8) is 0 Å². The maximum Gasteiger partial charge on any atom is 0.296 e. The number of aryl methyl sites for hydroxylation is 1. The zero-order valence-corrected chi connectivity index (χ0v) is 13.1. The summed E-state index contributed by atoms with van der Waals surface area (Å²) in [5.74, 6) is 0. The predicted octanol–water partition coefficient (Wildman–Crippen LogP) is 3.10. The molecule has 1 aromatic heterocycles. The Balaban J connectivity index is 1.93. The van der Waals surface area contributed by atoms with Gasteiger partial charge in [0.15, 0.2) is 5.69 Å². The molecular weight excluding hydrogens is 336 g/mol. The molecule has 1 heterocycles. The highest BCUT2D eigenvalue weighted by Gasteiger charge is 2.22. The van der Waals surface area contributed by atoms with Crippen molar-refractivity contribution in [2.45, 2.75) is 32.4 Å². The van der Waals surface area contributed by atoms with Gasteiger partial charge >= 0.3 is 0 Å². The minimum atomic E-state index is -0.378. The molecule has 3 rings (SSSR count). The summed E-state index contributed by atoms with van der Waals surface area (Å²) in [6.45, 7) is 2.52. The fourth-order valence-corrected chi connectivity index (χ4v) is 2.94. The van der Waals surface area contributed by atoms with Crippen LogP contribution in [-0.2, 0) is 6.54 Å². The van der Waals surface area contributed by atoms with Gasteiger partial charge in [0.05, 0.1) is 15.1 Å². The highest BCUT2D eigenvalue weighted by molar-refractivity contribution is 9.10. The fourth-order valence-electron chi connectivity index (χ4n) is 2.20. The first kappa shape index (κ1) is 14.2. The van der Waals surface area contributed by atoms with E-state index < -0.39 is 0 Å². The quantitative estimate of drug-likeness (QED) is 0.664. The average molecular weight is 351 g/mol. The molecule has 6 nitrogen and oxygen atoms in total. The van der Waals surface area contributed by atoms with Crippen LogP contribution in [0.5, 0.6) is 0 Å². The fraction of sp³-hybridized carbons (Fsp3) is 0.357. The van der Waals surface area contributed by atoms with Gasteiger partial charge in [-0.05, 0) is 53.4 Å². The maximum absolute atomic E-state index is 11.3. The Morgan fingerprint density at radius 1 is 1.52 bits per heavy atom. The Morgan fingerprint density at radius 2 is 2.29 bits per heavy atom. The van der Waals surface area contributed by atoms with E-state index in [-0.39, 0.29) is 10.6 Å². The van der Waals surface area contributed by atoms with E-state index in [0.29, 0.717) is 22.7 Å². The molecule has 1 fully saturated rings. The first-order chi connectivity index (χ1) is 10.0. The molecule has 0 saturated heterocycles. The van der Waals surface area contributed by atoms with Crippen LogP contribution >= 0.6 is 15.9 Å². The molecule has 0 spiro atoms. The number of hydrogen-bond donors (Lipinski definition) is 1. The van der Waals surface area contributed by atoms with Gasteiger partial charge in [-0.2, -0.15) is 5.10 Å². The lowest BCUT2D eigenvalue weighted by atomic mass is 10.2. The lowest BCUT2D eigenvalue weighted by molar-refractivity contribution is -0.384. The van der Waals surface area contributed by atoms with E-state index in [0.717, 1.165) is 11.3 Å². The first-order valence-corrected chi connectivity index (χ1v) is 7.57. The predicted molar refractivity (Wildman–Crippen MR) is 82.5 cm³/mol. The summed E-state index contributed by atoms with van der Waals surface area (Å²) in [7, 11) is 0. The van der Waals surface area contributed by atoms with Crippen molar-refractivity contribution in [1.29, 1.82) is 0 Å². The van der Waals surface area contributed by atoms with Gasteiger partial charge in [0.2, 0.25) is 0 Å². The number of halogens is 1. The molecular formula is C14H15BrN4O2. The van der Waals surface area contributed by atoms with Gasteiger partial charge in [0.25, 0.3) is 5.69 Å². The Kier molecular flexibility index (Phi) is 3.77. The largest absolute Gasteiger partial charge is 0.308 e. The minimum Gasteiger partial charge on any atom is -0.308 e. The van der Waals surface area contributed by atoms with Crippen molar-refractivity contribution in [3.8, 4) is 5.69 Å². The second kappa shape index (κ2) is 5.57. The van der Waals surface area contributed by atoms with E-state index >= 15 is 0 Å². The van der Waals surface area contributed by atoms with Crippen LogP contribution in [-0.4, -0.2) is 20.7 Å². The number of aromatic nitrogens is 2. The van der Waals surface area contributed by atoms with Crippen LogP contribution in [0, 0.1) is 17.0 Å². The van der Waals surface area contributed by atoms with Crippen molar-refractivity contribution in [3.05, 3.63) is 50.2 Å².